The van der Waals surface area contributed by atoms with Gasteiger partial charge in [0.1, 0.15) is 5.75 Å². The maximum Gasteiger partial charge on any atom is 0.223 e. The van der Waals surface area contributed by atoms with E-state index in [9.17, 15) is 0 Å². The Morgan fingerprint density at radius 2 is 1.96 bits per heavy atom. The van der Waals surface area contributed by atoms with E-state index in [4.69, 9.17) is 9.26 Å². The summed E-state index contributed by atoms with van der Waals surface area (Å²) in [6.07, 6.45) is 3.72. The summed E-state index contributed by atoms with van der Waals surface area (Å²) in [5, 5.41) is 7.33. The minimum absolute atomic E-state index is 0. The second-order valence-corrected chi connectivity index (χ2v) is 6.63. The van der Waals surface area contributed by atoms with Crippen LogP contribution in [-0.2, 0) is 13.2 Å². The molecule has 7 nitrogen and oxygen atoms in total. The summed E-state index contributed by atoms with van der Waals surface area (Å²) in [5.41, 5.74) is 2.56. The largest absolute Gasteiger partial charge is 0.485 e. The van der Waals surface area contributed by atoms with E-state index < -0.39 is 0 Å². The molecule has 1 unspecified atom stereocenters. The van der Waals surface area contributed by atoms with E-state index in [0.717, 1.165) is 31.9 Å². The van der Waals surface area contributed by atoms with Crippen LogP contribution in [0.3, 0.4) is 0 Å². The van der Waals surface area contributed by atoms with Crippen molar-refractivity contribution in [2.45, 2.75) is 26.1 Å². The Morgan fingerprint density at radius 1 is 1.18 bits per heavy atom. The predicted molar refractivity (Wildman–Crippen MR) is 107 cm³/mol. The Kier molecular flexibility index (Phi) is 6.97. The van der Waals surface area contributed by atoms with E-state index in [1.54, 1.807) is 6.92 Å². The Morgan fingerprint density at radius 3 is 2.68 bits per heavy atom. The van der Waals surface area contributed by atoms with Crippen molar-refractivity contribution in [2.24, 2.45) is 0 Å². The molecule has 1 aliphatic rings. The van der Waals surface area contributed by atoms with Gasteiger partial charge in [-0.1, -0.05) is 17.3 Å². The van der Waals surface area contributed by atoms with Crippen molar-refractivity contribution in [1.82, 2.24) is 25.3 Å². The molecule has 0 amide bonds. The van der Waals surface area contributed by atoms with Crippen molar-refractivity contribution in [3.63, 3.8) is 0 Å². The molecule has 148 valence electrons. The Hall–Kier alpha value is -2.48. The Balaban J connectivity index is 0.00000225. The summed E-state index contributed by atoms with van der Waals surface area (Å²) in [6, 6.07) is 12.8. The summed E-state index contributed by atoms with van der Waals surface area (Å²) in [5.74, 6) is 1.90. The van der Waals surface area contributed by atoms with Crippen LogP contribution in [0.5, 0.6) is 5.75 Å². The third-order valence-corrected chi connectivity index (χ3v) is 4.69. The van der Waals surface area contributed by atoms with Gasteiger partial charge in [0.05, 0.1) is 0 Å². The smallest absolute Gasteiger partial charge is 0.223 e. The molecule has 1 saturated heterocycles. The van der Waals surface area contributed by atoms with Crippen molar-refractivity contribution in [3.05, 3.63) is 71.6 Å². The van der Waals surface area contributed by atoms with E-state index in [1.165, 1.54) is 11.1 Å². The van der Waals surface area contributed by atoms with Crippen molar-refractivity contribution in [3.8, 4) is 5.75 Å². The summed E-state index contributed by atoms with van der Waals surface area (Å²) in [7, 11) is 0. The standard InChI is InChI=1S/C20H23N5O2.ClH/c1-15-23-20(24-27-15)14-26-18-4-2-16(3-5-18)13-25-11-10-22-12-19(25)17-6-8-21-9-7-17;/h2-9,19,22H,10-14H2,1H3;1H. The van der Waals surface area contributed by atoms with Gasteiger partial charge >= 0.3 is 0 Å². The lowest BCUT2D eigenvalue weighted by atomic mass is 10.0. The van der Waals surface area contributed by atoms with Crippen LogP contribution in [0, 0.1) is 6.92 Å². The number of halogens is 1. The van der Waals surface area contributed by atoms with E-state index in [2.05, 4.69) is 49.6 Å². The first kappa shape index (κ1) is 20.3. The van der Waals surface area contributed by atoms with Crippen LogP contribution in [-0.4, -0.2) is 39.7 Å². The molecule has 1 aromatic carbocycles. The van der Waals surface area contributed by atoms with Gasteiger partial charge < -0.3 is 14.6 Å². The van der Waals surface area contributed by atoms with Crippen molar-refractivity contribution < 1.29 is 9.26 Å². The number of aromatic nitrogens is 3. The summed E-state index contributed by atoms with van der Waals surface area (Å²) in [4.78, 5) is 10.8. The van der Waals surface area contributed by atoms with Crippen LogP contribution >= 0.6 is 12.4 Å². The molecule has 0 aliphatic carbocycles. The van der Waals surface area contributed by atoms with E-state index >= 15 is 0 Å². The highest BCUT2D eigenvalue weighted by molar-refractivity contribution is 5.85. The second kappa shape index (κ2) is 9.64. The predicted octanol–water partition coefficient (Wildman–Crippen LogP) is 2.92. The van der Waals surface area contributed by atoms with Gasteiger partial charge in [-0.2, -0.15) is 4.98 Å². The normalized spacial score (nSPS) is 17.1. The third-order valence-electron chi connectivity index (χ3n) is 4.69. The van der Waals surface area contributed by atoms with Crippen LogP contribution in [0.4, 0.5) is 0 Å². The fourth-order valence-corrected chi connectivity index (χ4v) is 3.32. The van der Waals surface area contributed by atoms with Gasteiger partial charge in [0.25, 0.3) is 0 Å². The van der Waals surface area contributed by atoms with Crippen LogP contribution in [0.1, 0.15) is 28.9 Å². The van der Waals surface area contributed by atoms with Gasteiger partial charge in [0.2, 0.25) is 11.7 Å². The zero-order valence-corrected chi connectivity index (χ0v) is 16.6. The van der Waals surface area contributed by atoms with E-state index in [-0.39, 0.29) is 12.4 Å². The molecule has 0 bridgehead atoms. The topological polar surface area (TPSA) is 76.3 Å². The van der Waals surface area contributed by atoms with E-state index in [1.807, 2.05) is 24.5 Å². The molecule has 3 aromatic rings. The summed E-state index contributed by atoms with van der Waals surface area (Å²) < 4.78 is 10.7. The molecule has 1 aliphatic heterocycles. The van der Waals surface area contributed by atoms with Crippen LogP contribution in [0.25, 0.3) is 0 Å². The minimum atomic E-state index is 0. The van der Waals surface area contributed by atoms with Crippen molar-refractivity contribution >= 4 is 12.4 Å². The molecule has 4 rings (SSSR count). The van der Waals surface area contributed by atoms with Crippen LogP contribution < -0.4 is 10.1 Å². The number of piperazine rings is 1. The van der Waals surface area contributed by atoms with Crippen LogP contribution in [0.15, 0.2) is 53.3 Å². The SMILES string of the molecule is Cc1nc(COc2ccc(CN3CCNCC3c3ccncc3)cc2)no1.Cl. The highest BCUT2D eigenvalue weighted by atomic mass is 35.5. The first-order chi connectivity index (χ1) is 13.3. The van der Waals surface area contributed by atoms with E-state index in [0.29, 0.717) is 24.4 Å². The van der Waals surface area contributed by atoms with Gasteiger partial charge in [-0.15, -0.1) is 12.4 Å². The Bertz CT molecular complexity index is 857. The highest BCUT2D eigenvalue weighted by Gasteiger charge is 2.23. The number of hydrogen-bond donors (Lipinski definition) is 1. The number of aryl methyl sites for hydroxylation is 1. The average Bonchev–Trinajstić information content (AvgIpc) is 3.14. The second-order valence-electron chi connectivity index (χ2n) is 6.63. The number of benzene rings is 1. The van der Waals surface area contributed by atoms with Gasteiger partial charge in [-0.3, -0.25) is 9.88 Å². The molecule has 28 heavy (non-hydrogen) atoms. The monoisotopic (exact) mass is 401 g/mol. The molecular formula is C20H24ClN5O2. The number of pyridine rings is 1. The number of rotatable bonds is 6. The summed E-state index contributed by atoms with van der Waals surface area (Å²) in [6.45, 7) is 5.95. The number of ether oxygens (including phenoxy) is 1. The molecule has 3 heterocycles. The highest BCUT2D eigenvalue weighted by Crippen LogP contribution is 2.24. The van der Waals surface area contributed by atoms with Gasteiger partial charge in [0, 0.05) is 51.5 Å². The maximum absolute atomic E-state index is 5.73. The molecule has 2 aromatic heterocycles. The molecule has 0 radical (unpaired) electrons. The molecule has 0 spiro atoms. The quantitative estimate of drug-likeness (QED) is 0.680. The number of hydrogen-bond acceptors (Lipinski definition) is 7. The third kappa shape index (κ3) is 5.07. The fraction of sp³-hybridized carbons (Fsp3) is 0.350. The first-order valence-electron chi connectivity index (χ1n) is 9.13. The zero-order valence-electron chi connectivity index (χ0n) is 15.7. The molecule has 1 N–H and O–H groups in total. The van der Waals surface area contributed by atoms with Crippen LogP contribution in [0.2, 0.25) is 0 Å². The number of nitrogens with one attached hydrogen (secondary N) is 1. The molecule has 0 saturated carbocycles. The lowest BCUT2D eigenvalue weighted by molar-refractivity contribution is 0.153. The maximum atomic E-state index is 5.73. The minimum Gasteiger partial charge on any atom is -0.485 e. The summed E-state index contributed by atoms with van der Waals surface area (Å²) >= 11 is 0. The molecule has 1 atom stereocenters. The zero-order chi connectivity index (χ0) is 18.5. The average molecular weight is 402 g/mol. The lowest BCUT2D eigenvalue weighted by Gasteiger charge is -2.36. The van der Waals surface area contributed by atoms with Gasteiger partial charge in [0.15, 0.2) is 6.61 Å². The van der Waals surface area contributed by atoms with Gasteiger partial charge in [-0.25, -0.2) is 0 Å². The Labute approximate surface area is 170 Å². The lowest BCUT2D eigenvalue weighted by Crippen LogP contribution is -2.45. The molecular weight excluding hydrogens is 378 g/mol. The van der Waals surface area contributed by atoms with Crippen molar-refractivity contribution in [2.75, 3.05) is 19.6 Å². The first-order valence-corrected chi connectivity index (χ1v) is 9.13. The fourth-order valence-electron chi connectivity index (χ4n) is 3.32. The van der Waals surface area contributed by atoms with Gasteiger partial charge in [-0.05, 0) is 35.4 Å². The molecule has 1 fully saturated rings. The van der Waals surface area contributed by atoms with Crippen molar-refractivity contribution in [1.29, 1.82) is 0 Å². The number of nitrogens with zero attached hydrogens (tertiary/aromatic N) is 4. The molecule has 8 heteroatoms.